The van der Waals surface area contributed by atoms with Crippen LogP contribution in [0, 0.1) is 0 Å². The first-order valence-electron chi connectivity index (χ1n) is 5.28. The molecule has 0 bridgehead atoms. The van der Waals surface area contributed by atoms with Crippen LogP contribution in [0.1, 0.15) is 5.56 Å². The normalized spacial score (nSPS) is 10.2. The Hall–Kier alpha value is -0.925. The summed E-state index contributed by atoms with van der Waals surface area (Å²) in [5.74, 6) is 0.720. The summed E-state index contributed by atoms with van der Waals surface area (Å²) in [5, 5.41) is 0.653. The van der Waals surface area contributed by atoms with Crippen molar-refractivity contribution in [2.75, 3.05) is 0 Å². The fourth-order valence-electron chi connectivity index (χ4n) is 1.51. The van der Waals surface area contributed by atoms with Crippen molar-refractivity contribution in [1.29, 1.82) is 0 Å². The number of ether oxygens (including phenoxy) is 1. The minimum Gasteiger partial charge on any atom is -0.487 e. The Bertz CT molecular complexity index is 531. The SMILES string of the molecule is Bc1ccc(OCc2cccc(Br)c2)c(Cl)c1. The molecule has 0 heterocycles. The van der Waals surface area contributed by atoms with Gasteiger partial charge in [-0.2, -0.15) is 0 Å². The molecule has 1 nitrogen and oxygen atoms in total. The van der Waals surface area contributed by atoms with Gasteiger partial charge in [-0.25, -0.2) is 0 Å². The summed E-state index contributed by atoms with van der Waals surface area (Å²) in [7, 11) is 2.00. The molecule has 17 heavy (non-hydrogen) atoms. The lowest BCUT2D eigenvalue weighted by molar-refractivity contribution is 0.306. The lowest BCUT2D eigenvalue weighted by Gasteiger charge is -2.08. The molecule has 0 atom stereocenters. The van der Waals surface area contributed by atoms with E-state index >= 15 is 0 Å². The number of halogens is 2. The maximum Gasteiger partial charge on any atom is 0.139 e. The second kappa shape index (κ2) is 5.61. The van der Waals surface area contributed by atoms with Crippen molar-refractivity contribution in [2.45, 2.75) is 6.61 Å². The first-order chi connectivity index (χ1) is 8.15. The molecule has 0 unspecified atom stereocenters. The lowest BCUT2D eigenvalue weighted by Crippen LogP contribution is -2.02. The monoisotopic (exact) mass is 308 g/mol. The van der Waals surface area contributed by atoms with Crippen LogP contribution in [-0.4, -0.2) is 7.85 Å². The first-order valence-corrected chi connectivity index (χ1v) is 6.45. The molecule has 2 aromatic rings. The van der Waals surface area contributed by atoms with Gasteiger partial charge in [0.25, 0.3) is 0 Å². The average molecular weight is 309 g/mol. The number of hydrogen-bond acceptors (Lipinski definition) is 1. The highest BCUT2D eigenvalue weighted by atomic mass is 79.9. The maximum absolute atomic E-state index is 6.09. The van der Waals surface area contributed by atoms with E-state index in [2.05, 4.69) is 15.9 Å². The van der Waals surface area contributed by atoms with Gasteiger partial charge in [0.1, 0.15) is 20.2 Å². The van der Waals surface area contributed by atoms with Crippen molar-refractivity contribution in [2.24, 2.45) is 0 Å². The van der Waals surface area contributed by atoms with Crippen LogP contribution in [0.2, 0.25) is 5.02 Å². The third-order valence-corrected chi connectivity index (χ3v) is 3.16. The molecule has 0 fully saturated rings. The van der Waals surface area contributed by atoms with Gasteiger partial charge in [0.15, 0.2) is 0 Å². The summed E-state index contributed by atoms with van der Waals surface area (Å²) in [4.78, 5) is 0. The highest BCUT2D eigenvalue weighted by molar-refractivity contribution is 9.10. The van der Waals surface area contributed by atoms with Crippen molar-refractivity contribution in [1.82, 2.24) is 0 Å². The molecule has 0 aliphatic carbocycles. The number of benzene rings is 2. The highest BCUT2D eigenvalue weighted by Gasteiger charge is 2.02. The fraction of sp³-hybridized carbons (Fsp3) is 0.0769. The van der Waals surface area contributed by atoms with Crippen LogP contribution in [0.5, 0.6) is 5.75 Å². The van der Waals surface area contributed by atoms with E-state index in [0.717, 1.165) is 21.2 Å². The third-order valence-electron chi connectivity index (χ3n) is 2.37. The van der Waals surface area contributed by atoms with Crippen LogP contribution in [-0.2, 0) is 6.61 Å². The molecular formula is C13H11BBrClO. The van der Waals surface area contributed by atoms with Gasteiger partial charge in [0, 0.05) is 4.47 Å². The quantitative estimate of drug-likeness (QED) is 0.792. The van der Waals surface area contributed by atoms with Gasteiger partial charge >= 0.3 is 0 Å². The Labute approximate surface area is 115 Å². The van der Waals surface area contributed by atoms with Crippen LogP contribution in [0.25, 0.3) is 0 Å². The van der Waals surface area contributed by atoms with Crippen LogP contribution in [0.4, 0.5) is 0 Å². The Morgan fingerprint density at radius 2 is 2.00 bits per heavy atom. The Morgan fingerprint density at radius 1 is 1.18 bits per heavy atom. The van der Waals surface area contributed by atoms with Crippen molar-refractivity contribution >= 4 is 40.8 Å². The summed E-state index contributed by atoms with van der Waals surface area (Å²) in [5.41, 5.74) is 2.24. The molecule has 0 aliphatic heterocycles. The van der Waals surface area contributed by atoms with Gasteiger partial charge in [0.2, 0.25) is 0 Å². The summed E-state index contributed by atoms with van der Waals surface area (Å²) in [6.07, 6.45) is 0. The molecule has 0 aliphatic rings. The van der Waals surface area contributed by atoms with E-state index in [1.54, 1.807) is 0 Å². The molecule has 0 N–H and O–H groups in total. The van der Waals surface area contributed by atoms with Gasteiger partial charge in [0.05, 0.1) is 5.02 Å². The lowest BCUT2D eigenvalue weighted by atomic mass is 9.97. The van der Waals surface area contributed by atoms with Crippen LogP contribution < -0.4 is 10.2 Å². The third kappa shape index (κ3) is 3.52. The minimum absolute atomic E-state index is 0.516. The number of hydrogen-bond donors (Lipinski definition) is 0. The predicted octanol–water partition coefficient (Wildman–Crippen LogP) is 2.94. The van der Waals surface area contributed by atoms with Crippen LogP contribution in [0.15, 0.2) is 46.9 Å². The molecule has 0 amide bonds. The zero-order valence-corrected chi connectivity index (χ0v) is 11.8. The van der Waals surface area contributed by atoms with Gasteiger partial charge in [-0.3, -0.25) is 0 Å². The predicted molar refractivity (Wildman–Crippen MR) is 78.1 cm³/mol. The van der Waals surface area contributed by atoms with Crippen molar-refractivity contribution in [3.05, 3.63) is 57.5 Å². The Kier molecular flexibility index (Phi) is 4.13. The van der Waals surface area contributed by atoms with Crippen molar-refractivity contribution in [3.63, 3.8) is 0 Å². The largest absolute Gasteiger partial charge is 0.487 e. The van der Waals surface area contributed by atoms with Gasteiger partial charge < -0.3 is 4.74 Å². The summed E-state index contributed by atoms with van der Waals surface area (Å²) >= 11 is 9.52. The van der Waals surface area contributed by atoms with Gasteiger partial charge in [-0.05, 0) is 29.8 Å². The van der Waals surface area contributed by atoms with E-state index < -0.39 is 0 Å². The molecule has 0 saturated carbocycles. The zero-order valence-electron chi connectivity index (χ0n) is 9.41. The van der Waals surface area contributed by atoms with Crippen molar-refractivity contribution in [3.8, 4) is 5.75 Å². The number of rotatable bonds is 3. The van der Waals surface area contributed by atoms with Gasteiger partial charge in [-0.1, -0.05) is 51.2 Å². The topological polar surface area (TPSA) is 9.23 Å². The van der Waals surface area contributed by atoms with E-state index in [4.69, 9.17) is 16.3 Å². The standard InChI is InChI=1S/C13H11BBrClO/c14-10-4-5-13(12(16)7-10)17-8-9-2-1-3-11(15)6-9/h1-7H,8,14H2. The second-order valence-corrected chi connectivity index (χ2v) is 5.18. The van der Waals surface area contributed by atoms with E-state index in [1.807, 2.05) is 50.3 Å². The summed E-state index contributed by atoms with van der Waals surface area (Å²) in [6, 6.07) is 13.8. The molecule has 2 rings (SSSR count). The summed E-state index contributed by atoms with van der Waals surface area (Å²) < 4.78 is 6.73. The molecule has 0 radical (unpaired) electrons. The smallest absolute Gasteiger partial charge is 0.139 e. The van der Waals surface area contributed by atoms with E-state index in [9.17, 15) is 0 Å². The van der Waals surface area contributed by atoms with E-state index in [0.29, 0.717) is 11.6 Å². The highest BCUT2D eigenvalue weighted by Crippen LogP contribution is 2.23. The Balaban J connectivity index is 2.07. The van der Waals surface area contributed by atoms with Gasteiger partial charge in [-0.15, -0.1) is 0 Å². The molecule has 2 aromatic carbocycles. The second-order valence-electron chi connectivity index (χ2n) is 3.85. The summed E-state index contributed by atoms with van der Waals surface area (Å²) in [6.45, 7) is 0.516. The molecular weight excluding hydrogens is 298 g/mol. The molecule has 0 aromatic heterocycles. The van der Waals surface area contributed by atoms with Crippen molar-refractivity contribution < 1.29 is 4.74 Å². The van der Waals surface area contributed by atoms with Crippen LogP contribution >= 0.6 is 27.5 Å². The molecule has 86 valence electrons. The van der Waals surface area contributed by atoms with Crippen LogP contribution in [0.3, 0.4) is 0 Å². The zero-order chi connectivity index (χ0) is 12.3. The van der Waals surface area contributed by atoms with E-state index in [1.165, 1.54) is 0 Å². The molecule has 0 spiro atoms. The molecule has 4 heteroatoms. The average Bonchev–Trinajstić information content (AvgIpc) is 2.28. The molecule has 0 saturated heterocycles. The fourth-order valence-corrected chi connectivity index (χ4v) is 2.25. The Morgan fingerprint density at radius 3 is 2.71 bits per heavy atom. The van der Waals surface area contributed by atoms with E-state index in [-0.39, 0.29) is 0 Å². The maximum atomic E-state index is 6.09. The minimum atomic E-state index is 0.516. The first kappa shape index (κ1) is 12.5.